The maximum Gasteiger partial charge on any atom is 0.245 e. The van der Waals surface area contributed by atoms with Crippen molar-refractivity contribution < 1.29 is 4.79 Å². The molecule has 2 aromatic rings. The Morgan fingerprint density at radius 3 is 2.64 bits per heavy atom. The molecule has 22 heavy (non-hydrogen) atoms. The van der Waals surface area contributed by atoms with E-state index in [9.17, 15) is 4.79 Å². The van der Waals surface area contributed by atoms with E-state index in [0.29, 0.717) is 12.5 Å². The van der Waals surface area contributed by atoms with Gasteiger partial charge in [-0.2, -0.15) is 0 Å². The minimum atomic E-state index is -0.204. The molecule has 1 atom stereocenters. The Balaban J connectivity index is 1.78. The minimum absolute atomic E-state index is 0.175. The summed E-state index contributed by atoms with van der Waals surface area (Å²) in [6, 6.07) is 8.19. The monoisotopic (exact) mass is 297 g/mol. The Kier molecular flexibility index (Phi) is 4.01. The first kappa shape index (κ1) is 14.8. The largest absolute Gasteiger partial charge is 0.336 e. The van der Waals surface area contributed by atoms with E-state index < -0.39 is 0 Å². The van der Waals surface area contributed by atoms with Crippen LogP contribution in [0.4, 0.5) is 0 Å². The maximum atomic E-state index is 12.9. The van der Waals surface area contributed by atoms with Crippen LogP contribution in [-0.4, -0.2) is 26.9 Å². The summed E-state index contributed by atoms with van der Waals surface area (Å²) in [4.78, 5) is 19.2. The van der Waals surface area contributed by atoms with Crippen LogP contribution in [0.15, 0.2) is 36.7 Å². The molecule has 0 unspecified atom stereocenters. The molecule has 1 aromatic carbocycles. The van der Waals surface area contributed by atoms with Gasteiger partial charge in [0.2, 0.25) is 5.91 Å². The van der Waals surface area contributed by atoms with Crippen LogP contribution in [-0.2, 0) is 17.8 Å². The van der Waals surface area contributed by atoms with E-state index in [2.05, 4.69) is 37.0 Å². The second-order valence-corrected chi connectivity index (χ2v) is 6.30. The van der Waals surface area contributed by atoms with Crippen LogP contribution in [0.1, 0.15) is 49.7 Å². The number of aromatic nitrogens is 2. The molecule has 0 aliphatic carbocycles. The predicted octanol–water partition coefficient (Wildman–Crippen LogP) is 3.15. The highest BCUT2D eigenvalue weighted by Crippen LogP contribution is 2.23. The average Bonchev–Trinajstić information content (AvgIpc) is 3.03. The summed E-state index contributed by atoms with van der Waals surface area (Å²) in [5, 5.41) is 0. The van der Waals surface area contributed by atoms with Gasteiger partial charge in [-0.05, 0) is 24.5 Å². The molecule has 0 saturated carbocycles. The van der Waals surface area contributed by atoms with Crippen molar-refractivity contribution in [3.8, 4) is 0 Å². The zero-order chi connectivity index (χ0) is 15.7. The predicted molar refractivity (Wildman–Crippen MR) is 86.6 cm³/mol. The molecule has 4 nitrogen and oxygen atoms in total. The number of carbonyl (C=O) groups is 1. The van der Waals surface area contributed by atoms with Crippen molar-refractivity contribution in [1.82, 2.24) is 14.5 Å². The van der Waals surface area contributed by atoms with Crippen LogP contribution in [0.2, 0.25) is 0 Å². The summed E-state index contributed by atoms with van der Waals surface area (Å²) in [5.41, 5.74) is 2.63. The zero-order valence-corrected chi connectivity index (χ0v) is 13.5. The smallest absolute Gasteiger partial charge is 0.245 e. The molecule has 1 aliphatic heterocycles. The second kappa shape index (κ2) is 5.95. The molecule has 0 saturated heterocycles. The van der Waals surface area contributed by atoms with Gasteiger partial charge in [0.25, 0.3) is 0 Å². The Labute approximate surface area is 131 Å². The average molecular weight is 297 g/mol. The van der Waals surface area contributed by atoms with Crippen LogP contribution >= 0.6 is 0 Å². The molecule has 3 rings (SSSR count). The van der Waals surface area contributed by atoms with Gasteiger partial charge in [-0.25, -0.2) is 4.98 Å². The van der Waals surface area contributed by atoms with Crippen LogP contribution in [0.5, 0.6) is 0 Å². The number of carbonyl (C=O) groups excluding carboxylic acids is 1. The van der Waals surface area contributed by atoms with Crippen molar-refractivity contribution in [2.45, 2.75) is 45.7 Å². The molecule has 1 amide bonds. The number of amides is 1. The van der Waals surface area contributed by atoms with E-state index >= 15 is 0 Å². The fraction of sp³-hybridized carbons (Fsp3) is 0.444. The molecule has 1 aliphatic rings. The van der Waals surface area contributed by atoms with Crippen LogP contribution in [0.3, 0.4) is 0 Å². The van der Waals surface area contributed by atoms with Gasteiger partial charge >= 0.3 is 0 Å². The van der Waals surface area contributed by atoms with Crippen LogP contribution < -0.4 is 0 Å². The van der Waals surface area contributed by atoms with Crippen molar-refractivity contribution in [2.75, 3.05) is 6.54 Å². The van der Waals surface area contributed by atoms with Gasteiger partial charge in [0.05, 0.1) is 0 Å². The standard InChI is InChI=1S/C18H23N3O/c1-13(2)17-19-9-11-21(17)14(3)18(22)20-10-8-15-6-4-5-7-16(15)12-20/h4-7,9,11,13-14H,8,10,12H2,1-3H3/t14-/m1/s1. The van der Waals surface area contributed by atoms with Crippen molar-refractivity contribution in [2.24, 2.45) is 0 Å². The first-order chi connectivity index (χ1) is 10.6. The number of rotatable bonds is 3. The third-order valence-electron chi connectivity index (χ3n) is 4.43. The number of fused-ring (bicyclic) bond motifs is 1. The molecule has 116 valence electrons. The summed E-state index contributed by atoms with van der Waals surface area (Å²) >= 11 is 0. The molecule has 1 aromatic heterocycles. The van der Waals surface area contributed by atoms with E-state index in [1.54, 1.807) is 6.20 Å². The minimum Gasteiger partial charge on any atom is -0.336 e. The van der Waals surface area contributed by atoms with Gasteiger partial charge < -0.3 is 9.47 Å². The lowest BCUT2D eigenvalue weighted by atomic mass is 9.99. The summed E-state index contributed by atoms with van der Waals surface area (Å²) in [7, 11) is 0. The highest BCUT2D eigenvalue weighted by atomic mass is 16.2. The van der Waals surface area contributed by atoms with E-state index in [1.165, 1.54) is 11.1 Å². The molecular weight excluding hydrogens is 274 g/mol. The Hall–Kier alpha value is -2.10. The Morgan fingerprint density at radius 2 is 1.91 bits per heavy atom. The van der Waals surface area contributed by atoms with Crippen molar-refractivity contribution in [3.05, 3.63) is 53.6 Å². The molecular formula is C18H23N3O. The van der Waals surface area contributed by atoms with Crippen molar-refractivity contribution in [3.63, 3.8) is 0 Å². The first-order valence-electron chi connectivity index (χ1n) is 7.96. The summed E-state index contributed by atoms with van der Waals surface area (Å²) < 4.78 is 2.01. The Bertz CT molecular complexity index is 674. The van der Waals surface area contributed by atoms with E-state index in [1.807, 2.05) is 28.7 Å². The third kappa shape index (κ3) is 2.65. The number of benzene rings is 1. The number of hydrogen-bond donors (Lipinski definition) is 0. The number of imidazole rings is 1. The fourth-order valence-corrected chi connectivity index (χ4v) is 3.17. The summed E-state index contributed by atoms with van der Waals surface area (Å²) in [5.74, 6) is 1.46. The fourth-order valence-electron chi connectivity index (χ4n) is 3.17. The molecule has 4 heteroatoms. The van der Waals surface area contributed by atoms with E-state index in [-0.39, 0.29) is 11.9 Å². The van der Waals surface area contributed by atoms with Gasteiger partial charge in [-0.15, -0.1) is 0 Å². The summed E-state index contributed by atoms with van der Waals surface area (Å²) in [6.07, 6.45) is 4.63. The zero-order valence-electron chi connectivity index (χ0n) is 13.5. The quantitative estimate of drug-likeness (QED) is 0.873. The highest BCUT2D eigenvalue weighted by Gasteiger charge is 2.26. The number of hydrogen-bond acceptors (Lipinski definition) is 2. The normalized spacial score (nSPS) is 15.7. The van der Waals surface area contributed by atoms with Crippen molar-refractivity contribution in [1.29, 1.82) is 0 Å². The lowest BCUT2D eigenvalue weighted by molar-refractivity contribution is -0.135. The van der Waals surface area contributed by atoms with Gasteiger partial charge in [-0.3, -0.25) is 4.79 Å². The highest BCUT2D eigenvalue weighted by molar-refractivity contribution is 5.80. The van der Waals surface area contributed by atoms with Crippen molar-refractivity contribution >= 4 is 5.91 Å². The molecule has 0 fully saturated rings. The molecule has 2 heterocycles. The third-order valence-corrected chi connectivity index (χ3v) is 4.43. The topological polar surface area (TPSA) is 38.1 Å². The van der Waals surface area contributed by atoms with E-state index in [4.69, 9.17) is 0 Å². The maximum absolute atomic E-state index is 12.9. The first-order valence-corrected chi connectivity index (χ1v) is 7.96. The van der Waals surface area contributed by atoms with Gasteiger partial charge in [0.15, 0.2) is 0 Å². The van der Waals surface area contributed by atoms with Gasteiger partial charge in [0.1, 0.15) is 11.9 Å². The van der Waals surface area contributed by atoms with Crippen LogP contribution in [0, 0.1) is 0 Å². The van der Waals surface area contributed by atoms with E-state index in [0.717, 1.165) is 18.8 Å². The van der Waals surface area contributed by atoms with Gasteiger partial charge in [0, 0.05) is 31.4 Å². The molecule has 0 N–H and O–H groups in total. The lowest BCUT2D eigenvalue weighted by Gasteiger charge is -2.31. The number of nitrogens with zero attached hydrogens (tertiary/aromatic N) is 3. The van der Waals surface area contributed by atoms with Gasteiger partial charge in [-0.1, -0.05) is 38.1 Å². The second-order valence-electron chi connectivity index (χ2n) is 6.30. The Morgan fingerprint density at radius 1 is 1.18 bits per heavy atom. The summed E-state index contributed by atoms with van der Waals surface area (Å²) in [6.45, 7) is 7.69. The molecule has 0 bridgehead atoms. The lowest BCUT2D eigenvalue weighted by Crippen LogP contribution is -2.40. The van der Waals surface area contributed by atoms with Crippen LogP contribution in [0.25, 0.3) is 0 Å². The molecule has 0 radical (unpaired) electrons. The SMILES string of the molecule is CC(C)c1nccn1[C@H](C)C(=O)N1CCc2ccccc2C1. The molecule has 0 spiro atoms.